The summed E-state index contributed by atoms with van der Waals surface area (Å²) in [6.07, 6.45) is 0. The minimum absolute atomic E-state index is 0.189. The quantitative estimate of drug-likeness (QED) is 0.162. The summed E-state index contributed by atoms with van der Waals surface area (Å²) >= 11 is 0. The van der Waals surface area contributed by atoms with Crippen LogP contribution < -0.4 is 0 Å². The molecule has 0 heteroatoms. The summed E-state index contributed by atoms with van der Waals surface area (Å²) in [5, 5.41) is 7.73. The van der Waals surface area contributed by atoms with Gasteiger partial charge in [0.1, 0.15) is 0 Å². The van der Waals surface area contributed by atoms with Crippen molar-refractivity contribution in [3.8, 4) is 55.6 Å². The smallest absolute Gasteiger partial charge is 0.0165 e. The molecule has 0 unspecified atom stereocenters. The van der Waals surface area contributed by atoms with Crippen molar-refractivity contribution in [2.75, 3.05) is 0 Å². The third-order valence-electron chi connectivity index (χ3n) is 12.8. The van der Waals surface area contributed by atoms with E-state index < -0.39 is 0 Å². The maximum atomic E-state index is 2.54. The lowest BCUT2D eigenvalue weighted by molar-refractivity contribution is 0.643. The third-order valence-corrected chi connectivity index (χ3v) is 12.8. The van der Waals surface area contributed by atoms with Crippen molar-refractivity contribution in [1.29, 1.82) is 0 Å². The highest BCUT2D eigenvalue weighted by Crippen LogP contribution is 2.62. The van der Waals surface area contributed by atoms with Gasteiger partial charge in [0.15, 0.2) is 0 Å². The van der Waals surface area contributed by atoms with E-state index in [1.54, 1.807) is 0 Å². The van der Waals surface area contributed by atoms with Crippen molar-refractivity contribution in [2.24, 2.45) is 0 Å². The van der Waals surface area contributed by atoms with Crippen molar-refractivity contribution in [2.45, 2.75) is 38.5 Å². The maximum Gasteiger partial charge on any atom is 0.0165 e. The fourth-order valence-corrected chi connectivity index (χ4v) is 10.5. The summed E-state index contributed by atoms with van der Waals surface area (Å²) in [5.74, 6) is 0. The van der Waals surface area contributed by atoms with Crippen LogP contribution >= 0.6 is 0 Å². The fourth-order valence-electron chi connectivity index (χ4n) is 10.5. The Labute approximate surface area is 317 Å². The molecule has 0 bridgehead atoms. The predicted molar refractivity (Wildman–Crippen MR) is 230 cm³/mol. The van der Waals surface area contributed by atoms with Crippen LogP contribution in [0, 0.1) is 0 Å². The van der Waals surface area contributed by atoms with Gasteiger partial charge in [-0.3, -0.25) is 0 Å². The largest absolute Gasteiger partial charge is 0.0622 e. The summed E-state index contributed by atoms with van der Waals surface area (Å²) in [7, 11) is 0. The molecule has 0 aliphatic heterocycles. The van der Waals surface area contributed by atoms with Crippen LogP contribution in [0.15, 0.2) is 170 Å². The first-order valence-electron chi connectivity index (χ1n) is 19.3. The Morgan fingerprint density at radius 3 is 1.19 bits per heavy atom. The Morgan fingerprint density at radius 2 is 0.667 bits per heavy atom. The Bertz CT molecular complexity index is 2890. The molecule has 9 aromatic rings. The van der Waals surface area contributed by atoms with Gasteiger partial charge in [0.25, 0.3) is 0 Å². The molecular weight excluding hydrogens is 649 g/mol. The Kier molecular flexibility index (Phi) is 6.46. The lowest BCUT2D eigenvalue weighted by atomic mass is 9.70. The van der Waals surface area contributed by atoms with Crippen LogP contribution in [0.4, 0.5) is 0 Å². The van der Waals surface area contributed by atoms with Gasteiger partial charge in [0.2, 0.25) is 0 Å². The average molecular weight is 689 g/mol. The number of benzene rings is 9. The molecule has 0 radical (unpaired) electrons. The molecule has 2 aliphatic rings. The molecule has 54 heavy (non-hydrogen) atoms. The summed E-state index contributed by atoms with van der Waals surface area (Å²) in [5.41, 5.74) is 18.6. The molecule has 256 valence electrons. The van der Waals surface area contributed by atoms with Crippen molar-refractivity contribution in [3.63, 3.8) is 0 Å². The van der Waals surface area contributed by atoms with Crippen molar-refractivity contribution in [3.05, 3.63) is 192 Å². The minimum Gasteiger partial charge on any atom is -0.0622 e. The molecule has 0 spiro atoms. The fraction of sp³-hybridized carbons (Fsp3) is 0.111. The van der Waals surface area contributed by atoms with Gasteiger partial charge in [-0.1, -0.05) is 191 Å². The molecule has 0 aromatic heterocycles. The zero-order valence-corrected chi connectivity index (χ0v) is 31.2. The van der Waals surface area contributed by atoms with E-state index in [1.165, 1.54) is 110 Å². The number of fused-ring (bicyclic) bond motifs is 9. The molecular formula is C54H40. The van der Waals surface area contributed by atoms with E-state index >= 15 is 0 Å². The van der Waals surface area contributed by atoms with E-state index in [-0.39, 0.29) is 10.8 Å². The summed E-state index contributed by atoms with van der Waals surface area (Å²) < 4.78 is 0. The van der Waals surface area contributed by atoms with Gasteiger partial charge in [-0.25, -0.2) is 0 Å². The third kappa shape index (κ3) is 4.09. The van der Waals surface area contributed by atoms with E-state index in [9.17, 15) is 0 Å². The van der Waals surface area contributed by atoms with Gasteiger partial charge in [-0.05, 0) is 116 Å². The van der Waals surface area contributed by atoms with E-state index in [0.29, 0.717) is 0 Å². The Morgan fingerprint density at radius 1 is 0.278 bits per heavy atom. The van der Waals surface area contributed by atoms with E-state index in [0.717, 1.165) is 0 Å². The average Bonchev–Trinajstić information content (AvgIpc) is 3.59. The second kappa shape index (κ2) is 11.1. The highest BCUT2D eigenvalue weighted by atomic mass is 14.5. The van der Waals surface area contributed by atoms with Gasteiger partial charge in [0.05, 0.1) is 0 Å². The molecule has 0 saturated heterocycles. The van der Waals surface area contributed by atoms with Crippen LogP contribution in [0.2, 0.25) is 0 Å². The SMILES string of the molecule is CC1(C)c2ccccc2-c2cc3c(c(-c4c5ccccc5c(-c5ccc(-c6ccccc6)c6ccccc56)c5ccccc45)c21)C(C)(C)c1ccccc1-3. The van der Waals surface area contributed by atoms with Crippen molar-refractivity contribution >= 4 is 32.3 Å². The molecule has 0 heterocycles. The first-order chi connectivity index (χ1) is 26.4. The predicted octanol–water partition coefficient (Wildman–Crippen LogP) is 14.8. The van der Waals surface area contributed by atoms with Crippen LogP contribution in [-0.2, 0) is 10.8 Å². The molecule has 0 atom stereocenters. The summed E-state index contributed by atoms with van der Waals surface area (Å²) in [6, 6.07) is 63.7. The van der Waals surface area contributed by atoms with Crippen LogP contribution in [0.5, 0.6) is 0 Å². The lowest BCUT2D eigenvalue weighted by Gasteiger charge is -2.32. The molecule has 0 fully saturated rings. The topological polar surface area (TPSA) is 0 Å². The lowest BCUT2D eigenvalue weighted by Crippen LogP contribution is -2.21. The van der Waals surface area contributed by atoms with Crippen molar-refractivity contribution < 1.29 is 0 Å². The van der Waals surface area contributed by atoms with Gasteiger partial charge < -0.3 is 0 Å². The summed E-state index contributed by atoms with van der Waals surface area (Å²) in [6.45, 7) is 9.79. The Balaban J connectivity index is 1.31. The van der Waals surface area contributed by atoms with Crippen LogP contribution in [-0.4, -0.2) is 0 Å². The monoisotopic (exact) mass is 688 g/mol. The molecule has 0 nitrogen and oxygen atoms in total. The van der Waals surface area contributed by atoms with Gasteiger partial charge in [-0.2, -0.15) is 0 Å². The highest BCUT2D eigenvalue weighted by molar-refractivity contribution is 6.25. The second-order valence-corrected chi connectivity index (χ2v) is 16.4. The van der Waals surface area contributed by atoms with E-state index in [4.69, 9.17) is 0 Å². The minimum atomic E-state index is -0.189. The van der Waals surface area contributed by atoms with Crippen LogP contribution in [0.1, 0.15) is 49.9 Å². The van der Waals surface area contributed by atoms with Gasteiger partial charge in [-0.15, -0.1) is 0 Å². The standard InChI is InChI=1S/C54H40/c1-53(2)46-28-16-14-22-37(46)44-32-45-38-23-15-17-29-47(38)54(3,4)52(45)50(51(44)53)49-41-26-12-10-24-39(41)48(40-25-11-13-27-42(40)49)43-31-30-34(33-18-6-5-7-19-33)35-20-8-9-21-36(35)43/h5-32H,1-4H3. The second-order valence-electron chi connectivity index (χ2n) is 16.4. The molecule has 0 saturated carbocycles. The van der Waals surface area contributed by atoms with Crippen LogP contribution in [0.3, 0.4) is 0 Å². The number of hydrogen-bond donors (Lipinski definition) is 0. The van der Waals surface area contributed by atoms with Crippen molar-refractivity contribution in [1.82, 2.24) is 0 Å². The zero-order valence-electron chi connectivity index (χ0n) is 31.2. The molecule has 2 aliphatic carbocycles. The van der Waals surface area contributed by atoms with E-state index in [1.807, 2.05) is 0 Å². The maximum absolute atomic E-state index is 2.54. The number of rotatable bonds is 3. The summed E-state index contributed by atoms with van der Waals surface area (Å²) in [4.78, 5) is 0. The molecule has 0 amide bonds. The Hall–Kier alpha value is -6.24. The van der Waals surface area contributed by atoms with Gasteiger partial charge in [0, 0.05) is 10.8 Å². The van der Waals surface area contributed by atoms with E-state index in [2.05, 4.69) is 198 Å². The molecule has 9 aromatic carbocycles. The molecule has 11 rings (SSSR count). The highest BCUT2D eigenvalue weighted by Gasteiger charge is 2.45. The molecule has 0 N–H and O–H groups in total. The first-order valence-corrected chi connectivity index (χ1v) is 19.3. The van der Waals surface area contributed by atoms with Crippen LogP contribution in [0.25, 0.3) is 88.0 Å². The number of hydrogen-bond acceptors (Lipinski definition) is 0. The normalized spacial score (nSPS) is 14.6. The zero-order chi connectivity index (χ0) is 36.3. The van der Waals surface area contributed by atoms with Gasteiger partial charge >= 0.3 is 0 Å². The first kappa shape index (κ1) is 31.3.